The number of amides is 1. The van der Waals surface area contributed by atoms with E-state index in [1.54, 1.807) is 0 Å². The van der Waals surface area contributed by atoms with Crippen molar-refractivity contribution in [2.24, 2.45) is 0 Å². The van der Waals surface area contributed by atoms with E-state index in [0.717, 1.165) is 10.2 Å². The minimum Gasteiger partial charge on any atom is -0.451 e. The Balaban J connectivity index is 1.80. The van der Waals surface area contributed by atoms with Crippen molar-refractivity contribution in [1.82, 2.24) is 20.3 Å². The Morgan fingerprint density at radius 3 is 2.62 bits per heavy atom. The van der Waals surface area contributed by atoms with Crippen LogP contribution in [0.5, 0.6) is 0 Å². The van der Waals surface area contributed by atoms with Gasteiger partial charge in [-0.05, 0) is 32.9 Å². The average Bonchev–Trinajstić information content (AvgIpc) is 3.02. The van der Waals surface area contributed by atoms with Crippen LogP contribution in [0.2, 0.25) is 0 Å². The third-order valence-electron chi connectivity index (χ3n) is 3.24. The first-order chi connectivity index (χ1) is 12.3. The van der Waals surface area contributed by atoms with Crippen molar-refractivity contribution in [2.75, 3.05) is 6.61 Å². The van der Waals surface area contributed by atoms with E-state index >= 15 is 0 Å². The first kappa shape index (κ1) is 17.9. The number of esters is 1. The van der Waals surface area contributed by atoms with Gasteiger partial charge in [0.15, 0.2) is 12.3 Å². The molecule has 3 aromatic rings. The topological polar surface area (TPSA) is 94.1 Å². The molecule has 0 atom stereocenters. The Kier molecular flexibility index (Phi) is 4.94. The summed E-state index contributed by atoms with van der Waals surface area (Å²) in [5.41, 5.74) is 0.800. The first-order valence-corrected chi connectivity index (χ1v) is 8.80. The van der Waals surface area contributed by atoms with Gasteiger partial charge in [0, 0.05) is 17.9 Å². The van der Waals surface area contributed by atoms with E-state index < -0.39 is 11.5 Å². The van der Waals surface area contributed by atoms with Crippen LogP contribution in [0.3, 0.4) is 0 Å². The molecule has 134 valence electrons. The van der Waals surface area contributed by atoms with Gasteiger partial charge in [0.1, 0.15) is 10.7 Å². The fraction of sp³-hybridized carbons (Fsp3) is 0.278. The molecule has 7 nitrogen and oxygen atoms in total. The van der Waals surface area contributed by atoms with Crippen LogP contribution in [-0.2, 0) is 9.53 Å². The number of benzene rings is 1. The number of hydrogen-bond acceptors (Lipinski definition) is 7. The molecule has 0 bridgehead atoms. The van der Waals surface area contributed by atoms with Crippen LogP contribution in [0.4, 0.5) is 0 Å². The van der Waals surface area contributed by atoms with Gasteiger partial charge in [-0.3, -0.25) is 4.79 Å². The number of aromatic nitrogens is 3. The lowest BCUT2D eigenvalue weighted by Crippen LogP contribution is -2.42. The van der Waals surface area contributed by atoms with Crippen molar-refractivity contribution < 1.29 is 14.3 Å². The molecule has 26 heavy (non-hydrogen) atoms. The number of carbonyl (C=O) groups is 2. The summed E-state index contributed by atoms with van der Waals surface area (Å²) in [4.78, 5) is 37.0. The number of nitrogens with zero attached hydrogens (tertiary/aromatic N) is 3. The second kappa shape index (κ2) is 7.17. The molecule has 0 aliphatic carbocycles. The van der Waals surface area contributed by atoms with E-state index in [-0.39, 0.29) is 18.2 Å². The van der Waals surface area contributed by atoms with Gasteiger partial charge < -0.3 is 10.1 Å². The summed E-state index contributed by atoms with van der Waals surface area (Å²) in [6.45, 7) is 5.16. The zero-order valence-corrected chi connectivity index (χ0v) is 15.5. The van der Waals surface area contributed by atoms with Crippen molar-refractivity contribution in [1.29, 1.82) is 0 Å². The highest BCUT2D eigenvalue weighted by molar-refractivity contribution is 7.21. The van der Waals surface area contributed by atoms with E-state index in [1.807, 2.05) is 45.0 Å². The molecule has 2 heterocycles. The summed E-state index contributed by atoms with van der Waals surface area (Å²) in [6.07, 6.45) is 2.90. The smallest absolute Gasteiger partial charge is 0.359 e. The number of hydrogen-bond donors (Lipinski definition) is 1. The van der Waals surface area contributed by atoms with Gasteiger partial charge in [0.25, 0.3) is 5.91 Å². The minimum atomic E-state index is -0.712. The lowest BCUT2D eigenvalue weighted by Gasteiger charge is -2.20. The molecule has 1 N–H and O–H groups in total. The normalized spacial score (nSPS) is 11.3. The van der Waals surface area contributed by atoms with E-state index in [0.29, 0.717) is 10.7 Å². The van der Waals surface area contributed by atoms with Gasteiger partial charge in [0.2, 0.25) is 0 Å². The maximum absolute atomic E-state index is 12.4. The Bertz CT molecular complexity index is 929. The fourth-order valence-electron chi connectivity index (χ4n) is 2.27. The number of nitrogens with one attached hydrogen (secondary N) is 1. The molecule has 1 amide bonds. The van der Waals surface area contributed by atoms with Gasteiger partial charge in [-0.1, -0.05) is 12.1 Å². The van der Waals surface area contributed by atoms with E-state index in [9.17, 15) is 9.59 Å². The Hall–Kier alpha value is -2.87. The maximum Gasteiger partial charge on any atom is 0.359 e. The molecule has 2 aromatic heterocycles. The molecule has 0 saturated carbocycles. The predicted octanol–water partition coefficient (Wildman–Crippen LogP) is 2.82. The number of rotatable bonds is 4. The van der Waals surface area contributed by atoms with Crippen LogP contribution >= 0.6 is 11.3 Å². The second-order valence-electron chi connectivity index (χ2n) is 6.61. The Labute approximate surface area is 154 Å². The summed E-state index contributed by atoms with van der Waals surface area (Å²) in [7, 11) is 0. The Morgan fingerprint density at radius 1 is 1.15 bits per heavy atom. The highest BCUT2D eigenvalue weighted by Crippen LogP contribution is 2.30. The number of carbonyl (C=O) groups excluding carboxylic acids is 2. The number of fused-ring (bicyclic) bond motifs is 1. The first-order valence-electron chi connectivity index (χ1n) is 7.98. The molecule has 3 rings (SSSR count). The van der Waals surface area contributed by atoms with E-state index in [2.05, 4.69) is 20.3 Å². The molecule has 0 fully saturated rings. The van der Waals surface area contributed by atoms with Gasteiger partial charge in [-0.15, -0.1) is 11.3 Å². The summed E-state index contributed by atoms with van der Waals surface area (Å²) < 4.78 is 6.08. The molecular formula is C18H18N4O3S. The fourth-order valence-corrected chi connectivity index (χ4v) is 3.23. The zero-order valence-electron chi connectivity index (χ0n) is 14.6. The van der Waals surface area contributed by atoms with Gasteiger partial charge in [-0.25, -0.2) is 19.7 Å². The average molecular weight is 370 g/mol. The van der Waals surface area contributed by atoms with Crippen LogP contribution in [0.15, 0.2) is 36.7 Å². The van der Waals surface area contributed by atoms with Crippen molar-refractivity contribution in [3.05, 3.63) is 42.4 Å². The molecule has 1 aromatic carbocycles. The van der Waals surface area contributed by atoms with Crippen molar-refractivity contribution >= 4 is 33.4 Å². The van der Waals surface area contributed by atoms with Crippen LogP contribution in [0.25, 0.3) is 20.9 Å². The van der Waals surface area contributed by atoms with Gasteiger partial charge in [0.05, 0.1) is 10.2 Å². The highest BCUT2D eigenvalue weighted by atomic mass is 32.1. The molecule has 8 heteroatoms. The van der Waals surface area contributed by atoms with Crippen LogP contribution in [0.1, 0.15) is 31.3 Å². The van der Waals surface area contributed by atoms with Crippen molar-refractivity contribution in [2.45, 2.75) is 26.3 Å². The van der Waals surface area contributed by atoms with Gasteiger partial charge in [-0.2, -0.15) is 0 Å². The SMILES string of the molecule is CC(C)(C)NC(=O)COC(=O)c1nccnc1-c1nc2ccccc2s1. The molecule has 0 unspecified atom stereocenters. The van der Waals surface area contributed by atoms with Crippen LogP contribution in [-0.4, -0.2) is 39.0 Å². The van der Waals surface area contributed by atoms with Crippen molar-refractivity contribution in [3.8, 4) is 10.7 Å². The monoisotopic (exact) mass is 370 g/mol. The predicted molar refractivity (Wildman–Crippen MR) is 98.8 cm³/mol. The minimum absolute atomic E-state index is 0.0371. The molecule has 0 radical (unpaired) electrons. The molecule has 0 aliphatic heterocycles. The molecule has 0 saturated heterocycles. The third-order valence-corrected chi connectivity index (χ3v) is 4.28. The molecule has 0 aliphatic rings. The number of para-hydroxylation sites is 1. The summed E-state index contributed by atoms with van der Waals surface area (Å²) >= 11 is 1.41. The summed E-state index contributed by atoms with van der Waals surface area (Å²) in [5.74, 6) is -1.09. The van der Waals surface area contributed by atoms with Gasteiger partial charge >= 0.3 is 5.97 Å². The van der Waals surface area contributed by atoms with Crippen LogP contribution in [0, 0.1) is 0 Å². The van der Waals surface area contributed by atoms with E-state index in [1.165, 1.54) is 23.7 Å². The number of ether oxygens (including phenoxy) is 1. The standard InChI is InChI=1S/C18H18N4O3S/c1-18(2,3)22-13(23)10-25-17(24)15-14(19-8-9-20-15)16-21-11-6-4-5-7-12(11)26-16/h4-9H,10H2,1-3H3,(H,22,23). The quantitative estimate of drug-likeness (QED) is 0.710. The van der Waals surface area contributed by atoms with Crippen LogP contribution < -0.4 is 5.32 Å². The Morgan fingerprint density at radius 2 is 1.88 bits per heavy atom. The lowest BCUT2D eigenvalue weighted by molar-refractivity contribution is -0.125. The summed E-state index contributed by atoms with van der Waals surface area (Å²) in [5, 5.41) is 3.30. The maximum atomic E-state index is 12.4. The van der Waals surface area contributed by atoms with Crippen molar-refractivity contribution in [3.63, 3.8) is 0 Å². The lowest BCUT2D eigenvalue weighted by atomic mass is 10.1. The second-order valence-corrected chi connectivity index (χ2v) is 7.65. The third kappa shape index (κ3) is 4.20. The molecule has 0 spiro atoms. The number of thiazole rings is 1. The largest absolute Gasteiger partial charge is 0.451 e. The molecular weight excluding hydrogens is 352 g/mol. The summed E-state index contributed by atoms with van der Waals surface area (Å²) in [6, 6.07) is 7.65. The highest BCUT2D eigenvalue weighted by Gasteiger charge is 2.22. The zero-order chi connectivity index (χ0) is 18.7. The van der Waals surface area contributed by atoms with E-state index in [4.69, 9.17) is 4.74 Å².